The summed E-state index contributed by atoms with van der Waals surface area (Å²) in [5, 5.41) is 0.475. The van der Waals surface area contributed by atoms with Gasteiger partial charge in [0.25, 0.3) is 11.8 Å². The molecule has 0 radical (unpaired) electrons. The van der Waals surface area contributed by atoms with Crippen LogP contribution < -0.4 is 0 Å². The van der Waals surface area contributed by atoms with Crippen molar-refractivity contribution in [3.05, 3.63) is 0 Å². The van der Waals surface area contributed by atoms with Crippen LogP contribution in [0.3, 0.4) is 0 Å². The summed E-state index contributed by atoms with van der Waals surface area (Å²) in [4.78, 5) is 48.2. The second-order valence-electron chi connectivity index (χ2n) is 3.95. The van der Waals surface area contributed by atoms with E-state index in [0.29, 0.717) is 5.06 Å². The highest BCUT2D eigenvalue weighted by Gasteiger charge is 2.32. The van der Waals surface area contributed by atoms with Crippen molar-refractivity contribution in [2.75, 3.05) is 0 Å². The number of hydrogen-bond acceptors (Lipinski definition) is 5. The molecule has 0 aromatic carbocycles. The van der Waals surface area contributed by atoms with Crippen LogP contribution in [-0.2, 0) is 24.0 Å². The van der Waals surface area contributed by atoms with Crippen LogP contribution in [0.4, 0.5) is 0 Å². The second kappa shape index (κ2) is 8.38. The summed E-state index contributed by atoms with van der Waals surface area (Å²) in [6.07, 6.45) is 1.32. The molecule has 1 aliphatic heterocycles. The predicted octanol–water partition coefficient (Wildman–Crippen LogP) is 1.38. The normalized spacial score (nSPS) is 14.1. The van der Waals surface area contributed by atoms with Gasteiger partial charge in [0.1, 0.15) is 5.78 Å². The second-order valence-corrected chi connectivity index (χ2v) is 3.95. The monoisotopic (exact) mass is 257 g/mol. The molecule has 102 valence electrons. The number of carbonyl (C=O) groups is 4. The molecule has 0 aliphatic carbocycles. The van der Waals surface area contributed by atoms with Crippen LogP contribution in [0.25, 0.3) is 0 Å². The Hall–Kier alpha value is -1.72. The zero-order valence-electron chi connectivity index (χ0n) is 11.0. The van der Waals surface area contributed by atoms with Crippen molar-refractivity contribution in [2.45, 2.75) is 52.9 Å². The number of rotatable bonds is 4. The Morgan fingerprint density at radius 1 is 1.11 bits per heavy atom. The van der Waals surface area contributed by atoms with E-state index >= 15 is 0 Å². The highest BCUT2D eigenvalue weighted by Crippen LogP contribution is 2.12. The van der Waals surface area contributed by atoms with Gasteiger partial charge in [0.15, 0.2) is 0 Å². The van der Waals surface area contributed by atoms with Gasteiger partial charge in [-0.2, -0.15) is 0 Å². The summed E-state index contributed by atoms with van der Waals surface area (Å²) in [5.74, 6) is -1.92. The number of hydroxylamine groups is 2. The summed E-state index contributed by atoms with van der Waals surface area (Å²) < 4.78 is 0. The predicted molar refractivity (Wildman–Crippen MR) is 63.1 cm³/mol. The molecule has 0 spiro atoms. The Morgan fingerprint density at radius 2 is 1.56 bits per heavy atom. The maximum atomic E-state index is 11.1. The Labute approximate surface area is 106 Å². The Bertz CT molecular complexity index is 321. The minimum Gasteiger partial charge on any atom is -0.330 e. The molecular formula is C12H19NO5. The standard InChI is InChI=1S/C9H11NO5.C3H8/c1-6(11)2-5-9(14)15-10-7(12)3-4-8(10)13;1-3-2/h2-5H2,1H3;3H2,1-2H3. The molecule has 0 saturated carbocycles. The van der Waals surface area contributed by atoms with Crippen molar-refractivity contribution < 1.29 is 24.0 Å². The topological polar surface area (TPSA) is 80.8 Å². The fraction of sp³-hybridized carbons (Fsp3) is 0.667. The number of carbonyl (C=O) groups excluding carboxylic acids is 4. The summed E-state index contributed by atoms with van der Waals surface area (Å²) in [7, 11) is 0. The molecule has 1 aliphatic rings. The van der Waals surface area contributed by atoms with Gasteiger partial charge in [-0.15, -0.1) is 5.06 Å². The van der Waals surface area contributed by atoms with E-state index in [0.717, 1.165) is 0 Å². The van der Waals surface area contributed by atoms with Gasteiger partial charge in [-0.3, -0.25) is 9.59 Å². The van der Waals surface area contributed by atoms with Crippen LogP contribution in [0.1, 0.15) is 52.9 Å². The van der Waals surface area contributed by atoms with Gasteiger partial charge in [0.2, 0.25) is 0 Å². The van der Waals surface area contributed by atoms with Gasteiger partial charge in [-0.1, -0.05) is 20.3 Å². The Balaban J connectivity index is 0.000000873. The molecular weight excluding hydrogens is 238 g/mol. The van der Waals surface area contributed by atoms with E-state index in [9.17, 15) is 19.2 Å². The number of hydrogen-bond donors (Lipinski definition) is 0. The summed E-state index contributed by atoms with van der Waals surface area (Å²) in [6.45, 7) is 5.60. The van der Waals surface area contributed by atoms with Crippen LogP contribution >= 0.6 is 0 Å². The van der Waals surface area contributed by atoms with Gasteiger partial charge < -0.3 is 9.63 Å². The molecule has 0 aromatic rings. The number of Topliss-reactive ketones (excluding diaryl/α,β-unsaturated/α-hetero) is 1. The minimum absolute atomic E-state index is 0.0506. The van der Waals surface area contributed by atoms with Crippen molar-refractivity contribution >= 4 is 23.6 Å². The largest absolute Gasteiger partial charge is 0.333 e. The zero-order chi connectivity index (χ0) is 14.1. The van der Waals surface area contributed by atoms with Crippen molar-refractivity contribution in [3.8, 4) is 0 Å². The number of imide groups is 1. The van der Waals surface area contributed by atoms with Crippen LogP contribution in [-0.4, -0.2) is 28.6 Å². The molecule has 0 aromatic heterocycles. The smallest absolute Gasteiger partial charge is 0.330 e. The minimum atomic E-state index is -0.742. The lowest BCUT2D eigenvalue weighted by Crippen LogP contribution is -2.32. The fourth-order valence-electron chi connectivity index (χ4n) is 1.08. The summed E-state index contributed by atoms with van der Waals surface area (Å²) in [6, 6.07) is 0. The molecule has 0 atom stereocenters. The Kier molecular flexibility index (Phi) is 7.58. The SMILES string of the molecule is CC(=O)CCC(=O)ON1C(=O)CCC1=O.CCC. The molecule has 2 amide bonds. The lowest BCUT2D eigenvalue weighted by atomic mass is 10.2. The first kappa shape index (κ1) is 16.3. The van der Waals surface area contributed by atoms with Gasteiger partial charge >= 0.3 is 5.97 Å². The van der Waals surface area contributed by atoms with E-state index in [1.807, 2.05) is 0 Å². The number of ketones is 1. The molecule has 0 bridgehead atoms. The van der Waals surface area contributed by atoms with Crippen LogP contribution in [0.5, 0.6) is 0 Å². The lowest BCUT2D eigenvalue weighted by Gasteiger charge is -2.11. The molecule has 0 N–H and O–H groups in total. The third kappa shape index (κ3) is 6.12. The molecule has 1 rings (SSSR count). The maximum Gasteiger partial charge on any atom is 0.333 e. The molecule has 6 nitrogen and oxygen atoms in total. The van der Waals surface area contributed by atoms with E-state index < -0.39 is 17.8 Å². The zero-order valence-corrected chi connectivity index (χ0v) is 11.0. The lowest BCUT2D eigenvalue weighted by molar-refractivity contribution is -0.197. The number of amides is 2. The van der Waals surface area contributed by atoms with Crippen LogP contribution in [0.2, 0.25) is 0 Å². The molecule has 6 heteroatoms. The first-order valence-corrected chi connectivity index (χ1v) is 5.98. The van der Waals surface area contributed by atoms with E-state index in [1.54, 1.807) is 0 Å². The summed E-state index contributed by atoms with van der Waals surface area (Å²) >= 11 is 0. The molecule has 0 unspecified atom stereocenters. The van der Waals surface area contributed by atoms with Gasteiger partial charge in [0.05, 0.1) is 6.42 Å². The maximum absolute atomic E-state index is 11.1. The van der Waals surface area contributed by atoms with Crippen molar-refractivity contribution in [1.29, 1.82) is 0 Å². The first-order valence-electron chi connectivity index (χ1n) is 5.98. The third-order valence-corrected chi connectivity index (χ3v) is 1.88. The quantitative estimate of drug-likeness (QED) is 0.711. The van der Waals surface area contributed by atoms with E-state index in [4.69, 9.17) is 0 Å². The molecule has 1 saturated heterocycles. The van der Waals surface area contributed by atoms with E-state index in [-0.39, 0.29) is 31.5 Å². The van der Waals surface area contributed by atoms with Gasteiger partial charge in [0, 0.05) is 19.3 Å². The number of nitrogens with zero attached hydrogens (tertiary/aromatic N) is 1. The van der Waals surface area contributed by atoms with Crippen molar-refractivity contribution in [3.63, 3.8) is 0 Å². The van der Waals surface area contributed by atoms with Crippen molar-refractivity contribution in [2.24, 2.45) is 0 Å². The van der Waals surface area contributed by atoms with E-state index in [1.165, 1.54) is 13.3 Å². The molecule has 1 heterocycles. The first-order chi connectivity index (χ1) is 8.42. The highest BCUT2D eigenvalue weighted by molar-refractivity contribution is 6.01. The average Bonchev–Trinajstić information content (AvgIpc) is 2.59. The van der Waals surface area contributed by atoms with Crippen LogP contribution in [0, 0.1) is 0 Å². The fourth-order valence-corrected chi connectivity index (χ4v) is 1.08. The van der Waals surface area contributed by atoms with Crippen LogP contribution in [0.15, 0.2) is 0 Å². The summed E-state index contributed by atoms with van der Waals surface area (Å²) in [5.41, 5.74) is 0. The Morgan fingerprint density at radius 3 is 1.94 bits per heavy atom. The average molecular weight is 257 g/mol. The molecule has 18 heavy (non-hydrogen) atoms. The van der Waals surface area contributed by atoms with E-state index in [2.05, 4.69) is 18.7 Å². The van der Waals surface area contributed by atoms with Gasteiger partial charge in [-0.05, 0) is 6.92 Å². The van der Waals surface area contributed by atoms with Crippen molar-refractivity contribution in [1.82, 2.24) is 5.06 Å². The van der Waals surface area contributed by atoms with Gasteiger partial charge in [-0.25, -0.2) is 4.79 Å². The molecule has 1 fully saturated rings. The highest BCUT2D eigenvalue weighted by atomic mass is 16.7. The third-order valence-electron chi connectivity index (χ3n) is 1.88.